The van der Waals surface area contributed by atoms with Crippen LogP contribution in [0.4, 0.5) is 0 Å². The highest BCUT2D eigenvalue weighted by atomic mass is 35.5. The van der Waals surface area contributed by atoms with Crippen molar-refractivity contribution >= 4 is 18.4 Å². The van der Waals surface area contributed by atoms with E-state index in [1.807, 2.05) is 42.5 Å². The summed E-state index contributed by atoms with van der Waals surface area (Å²) in [5, 5.41) is 3.14. The van der Waals surface area contributed by atoms with Gasteiger partial charge in [0, 0.05) is 18.5 Å². The van der Waals surface area contributed by atoms with Crippen molar-refractivity contribution in [1.82, 2.24) is 5.32 Å². The van der Waals surface area contributed by atoms with E-state index in [4.69, 9.17) is 9.47 Å². The van der Waals surface area contributed by atoms with Crippen LogP contribution < -0.4 is 10.1 Å². The van der Waals surface area contributed by atoms with Crippen molar-refractivity contribution in [3.05, 3.63) is 54.6 Å². The van der Waals surface area contributed by atoms with Gasteiger partial charge in [-0.3, -0.25) is 4.79 Å². The van der Waals surface area contributed by atoms with Crippen LogP contribution in [0.15, 0.2) is 54.6 Å². The molecule has 0 spiro atoms. The number of nitrogens with one attached hydrogen (secondary N) is 1. The quantitative estimate of drug-likeness (QED) is 0.874. The van der Waals surface area contributed by atoms with E-state index in [2.05, 4.69) is 17.4 Å². The van der Waals surface area contributed by atoms with Gasteiger partial charge < -0.3 is 14.8 Å². The van der Waals surface area contributed by atoms with Crippen molar-refractivity contribution in [1.29, 1.82) is 0 Å². The van der Waals surface area contributed by atoms with Crippen molar-refractivity contribution in [2.45, 2.75) is 18.6 Å². The van der Waals surface area contributed by atoms with E-state index in [1.165, 1.54) is 7.11 Å². The van der Waals surface area contributed by atoms with Gasteiger partial charge in [0.25, 0.3) is 0 Å². The highest BCUT2D eigenvalue weighted by Gasteiger charge is 2.31. The number of rotatable bonds is 4. The molecule has 122 valence electrons. The van der Waals surface area contributed by atoms with Gasteiger partial charge in [-0.1, -0.05) is 48.5 Å². The van der Waals surface area contributed by atoms with Crippen molar-refractivity contribution in [3.8, 4) is 16.9 Å². The SMILES string of the molecule is COC(=O)[C@@H]1C[C@H](Oc2ccccc2-c2ccccc2)CN1.Cl. The zero-order valence-electron chi connectivity index (χ0n) is 12.9. The summed E-state index contributed by atoms with van der Waals surface area (Å²) in [5.74, 6) is 0.605. The minimum atomic E-state index is -0.279. The molecular weight excluding hydrogens is 314 g/mol. The third-order valence-electron chi connectivity index (χ3n) is 3.84. The first-order chi connectivity index (χ1) is 10.8. The summed E-state index contributed by atoms with van der Waals surface area (Å²) in [7, 11) is 1.41. The molecule has 5 heteroatoms. The van der Waals surface area contributed by atoms with E-state index in [1.54, 1.807) is 0 Å². The molecule has 23 heavy (non-hydrogen) atoms. The molecule has 1 N–H and O–H groups in total. The lowest BCUT2D eigenvalue weighted by atomic mass is 10.0. The van der Waals surface area contributed by atoms with Crippen LogP contribution in [0.3, 0.4) is 0 Å². The van der Waals surface area contributed by atoms with Gasteiger partial charge in [0.2, 0.25) is 0 Å². The Hall–Kier alpha value is -2.04. The molecule has 0 saturated carbocycles. The second-order valence-electron chi connectivity index (χ2n) is 5.32. The Morgan fingerprint density at radius 2 is 1.78 bits per heavy atom. The molecule has 0 aliphatic carbocycles. The van der Waals surface area contributed by atoms with Gasteiger partial charge in [0.1, 0.15) is 17.9 Å². The lowest BCUT2D eigenvalue weighted by Crippen LogP contribution is -2.31. The van der Waals surface area contributed by atoms with Crippen molar-refractivity contribution in [2.24, 2.45) is 0 Å². The summed E-state index contributed by atoms with van der Waals surface area (Å²) < 4.78 is 10.9. The maximum absolute atomic E-state index is 11.6. The number of carbonyl (C=O) groups excluding carboxylic acids is 1. The molecule has 1 aliphatic heterocycles. The maximum atomic E-state index is 11.6. The molecule has 4 nitrogen and oxygen atoms in total. The first-order valence-electron chi connectivity index (χ1n) is 7.40. The normalized spacial score (nSPS) is 19.7. The van der Waals surface area contributed by atoms with E-state index in [0.29, 0.717) is 13.0 Å². The summed E-state index contributed by atoms with van der Waals surface area (Å²) in [4.78, 5) is 11.6. The largest absolute Gasteiger partial charge is 0.488 e. The summed E-state index contributed by atoms with van der Waals surface area (Å²) in [5.41, 5.74) is 2.18. The van der Waals surface area contributed by atoms with Crippen molar-refractivity contribution < 1.29 is 14.3 Å². The molecule has 2 atom stereocenters. The molecule has 1 aliphatic rings. The van der Waals surface area contributed by atoms with E-state index in [-0.39, 0.29) is 30.5 Å². The number of esters is 1. The van der Waals surface area contributed by atoms with Gasteiger partial charge in [-0.2, -0.15) is 0 Å². The minimum Gasteiger partial charge on any atom is -0.488 e. The average Bonchev–Trinajstić information content (AvgIpc) is 3.04. The molecule has 1 heterocycles. The van der Waals surface area contributed by atoms with Gasteiger partial charge in [0.05, 0.1) is 7.11 Å². The van der Waals surface area contributed by atoms with E-state index in [9.17, 15) is 4.79 Å². The Morgan fingerprint density at radius 1 is 1.09 bits per heavy atom. The van der Waals surface area contributed by atoms with Crippen LogP contribution in [-0.4, -0.2) is 31.8 Å². The first-order valence-corrected chi connectivity index (χ1v) is 7.40. The minimum absolute atomic E-state index is 0. The van der Waals surface area contributed by atoms with Crippen LogP contribution in [0, 0.1) is 0 Å². The third kappa shape index (κ3) is 4.03. The van der Waals surface area contributed by atoms with Gasteiger partial charge in [-0.25, -0.2) is 0 Å². The number of hydrogen-bond acceptors (Lipinski definition) is 4. The second kappa shape index (κ2) is 7.99. The van der Waals surface area contributed by atoms with Crippen LogP contribution in [0.25, 0.3) is 11.1 Å². The molecule has 1 saturated heterocycles. The number of ether oxygens (including phenoxy) is 2. The van der Waals surface area contributed by atoms with E-state index in [0.717, 1.165) is 16.9 Å². The average molecular weight is 334 g/mol. The Kier molecular flexibility index (Phi) is 6.02. The fourth-order valence-electron chi connectivity index (χ4n) is 2.72. The molecule has 1 fully saturated rings. The topological polar surface area (TPSA) is 47.6 Å². The highest BCUT2D eigenvalue weighted by Crippen LogP contribution is 2.31. The van der Waals surface area contributed by atoms with Gasteiger partial charge >= 0.3 is 5.97 Å². The number of halogens is 1. The third-order valence-corrected chi connectivity index (χ3v) is 3.84. The lowest BCUT2D eigenvalue weighted by Gasteiger charge is -2.16. The monoisotopic (exact) mass is 333 g/mol. The van der Waals surface area contributed by atoms with Crippen LogP contribution in [-0.2, 0) is 9.53 Å². The lowest BCUT2D eigenvalue weighted by molar-refractivity contribution is -0.142. The highest BCUT2D eigenvalue weighted by molar-refractivity contribution is 5.85. The molecule has 0 unspecified atom stereocenters. The Balaban J connectivity index is 0.00000192. The fraction of sp³-hybridized carbons (Fsp3) is 0.278. The van der Waals surface area contributed by atoms with Crippen LogP contribution >= 0.6 is 12.4 Å². The van der Waals surface area contributed by atoms with Crippen molar-refractivity contribution in [2.75, 3.05) is 13.7 Å². The molecule has 2 aromatic carbocycles. The Morgan fingerprint density at radius 3 is 2.52 bits per heavy atom. The van der Waals surface area contributed by atoms with Crippen LogP contribution in [0.2, 0.25) is 0 Å². The van der Waals surface area contributed by atoms with Crippen LogP contribution in [0.1, 0.15) is 6.42 Å². The molecule has 3 rings (SSSR count). The van der Waals surface area contributed by atoms with Crippen molar-refractivity contribution in [3.63, 3.8) is 0 Å². The summed E-state index contributed by atoms with van der Waals surface area (Å²) in [6, 6.07) is 17.8. The molecule has 0 bridgehead atoms. The van der Waals surface area contributed by atoms with Gasteiger partial charge in [0.15, 0.2) is 0 Å². The van der Waals surface area contributed by atoms with Crippen LogP contribution in [0.5, 0.6) is 5.75 Å². The molecule has 0 aromatic heterocycles. The summed E-state index contributed by atoms with van der Waals surface area (Å²) in [6.07, 6.45) is 0.587. The van der Waals surface area contributed by atoms with Gasteiger partial charge in [-0.15, -0.1) is 12.4 Å². The zero-order chi connectivity index (χ0) is 15.4. The second-order valence-corrected chi connectivity index (χ2v) is 5.32. The Labute approximate surface area is 142 Å². The molecular formula is C18H20ClNO3. The summed E-state index contributed by atoms with van der Waals surface area (Å²) in [6.45, 7) is 0.642. The predicted molar refractivity (Wildman–Crippen MR) is 92.0 cm³/mol. The zero-order valence-corrected chi connectivity index (χ0v) is 13.7. The summed E-state index contributed by atoms with van der Waals surface area (Å²) >= 11 is 0. The fourth-order valence-corrected chi connectivity index (χ4v) is 2.72. The number of para-hydroxylation sites is 1. The van der Waals surface area contributed by atoms with E-state index < -0.39 is 0 Å². The standard InChI is InChI=1S/C18H19NO3.ClH/c1-21-18(20)16-11-14(12-19-16)22-17-10-6-5-9-15(17)13-7-3-2-4-8-13;/h2-10,14,16,19H,11-12H2,1H3;1H/t14-,16-;/m0./s1. The number of hydrogen-bond donors (Lipinski definition) is 1. The predicted octanol–water partition coefficient (Wildman–Crippen LogP) is 3.06. The molecule has 0 amide bonds. The molecule has 2 aromatic rings. The first kappa shape index (κ1) is 17.3. The Bertz CT molecular complexity index is 648. The number of benzene rings is 2. The van der Waals surface area contributed by atoms with E-state index >= 15 is 0 Å². The number of methoxy groups -OCH3 is 1. The number of carbonyl (C=O) groups is 1. The molecule has 0 radical (unpaired) electrons. The van der Waals surface area contributed by atoms with Gasteiger partial charge in [-0.05, 0) is 11.6 Å². The smallest absolute Gasteiger partial charge is 0.323 e. The maximum Gasteiger partial charge on any atom is 0.323 e.